The van der Waals surface area contributed by atoms with Crippen LogP contribution in [-0.2, 0) is 6.54 Å². The first-order valence-corrected chi connectivity index (χ1v) is 12.1. The van der Waals surface area contributed by atoms with Crippen molar-refractivity contribution in [3.63, 3.8) is 0 Å². The van der Waals surface area contributed by atoms with Gasteiger partial charge in [0.05, 0.1) is 19.3 Å². The van der Waals surface area contributed by atoms with Crippen LogP contribution in [0.25, 0.3) is 33.8 Å². The van der Waals surface area contributed by atoms with Crippen LogP contribution in [0.15, 0.2) is 47.2 Å². The summed E-state index contributed by atoms with van der Waals surface area (Å²) in [4.78, 5) is 27.5. The second kappa shape index (κ2) is 8.69. The van der Waals surface area contributed by atoms with Crippen LogP contribution < -0.4 is 4.74 Å². The van der Waals surface area contributed by atoms with E-state index in [0.29, 0.717) is 23.8 Å². The van der Waals surface area contributed by atoms with E-state index in [2.05, 4.69) is 27.8 Å². The van der Waals surface area contributed by atoms with Gasteiger partial charge in [-0.1, -0.05) is 31.4 Å². The molecular weight excluding hydrogens is 440 g/mol. The summed E-state index contributed by atoms with van der Waals surface area (Å²) >= 11 is 0. The third-order valence-electron chi connectivity index (χ3n) is 7.45. The number of fused-ring (bicyclic) bond motifs is 5. The van der Waals surface area contributed by atoms with Crippen molar-refractivity contribution in [1.29, 1.82) is 0 Å². The lowest BCUT2D eigenvalue weighted by Crippen LogP contribution is -2.07. The molecule has 6 nitrogen and oxygen atoms in total. The van der Waals surface area contributed by atoms with Gasteiger partial charge in [-0.15, -0.1) is 0 Å². The van der Waals surface area contributed by atoms with Gasteiger partial charge < -0.3 is 13.7 Å². The van der Waals surface area contributed by atoms with E-state index in [1.54, 1.807) is 7.11 Å². The fourth-order valence-corrected chi connectivity index (χ4v) is 5.85. The number of carbonyl (C=O) groups excluding carboxylic acids is 2. The van der Waals surface area contributed by atoms with Gasteiger partial charge in [-0.2, -0.15) is 0 Å². The van der Waals surface area contributed by atoms with E-state index in [9.17, 15) is 9.59 Å². The fourth-order valence-electron chi connectivity index (χ4n) is 5.85. The maximum atomic E-state index is 11.7. The Morgan fingerprint density at radius 3 is 2.69 bits per heavy atom. The van der Waals surface area contributed by atoms with Crippen LogP contribution in [0.2, 0.25) is 0 Å². The molecule has 0 bridgehead atoms. The van der Waals surface area contributed by atoms with Crippen LogP contribution in [0.4, 0.5) is 0 Å². The largest absolute Gasteiger partial charge is 0.497 e. The normalized spacial score (nSPS) is 15.7. The van der Waals surface area contributed by atoms with Gasteiger partial charge in [0, 0.05) is 27.6 Å². The molecule has 0 unspecified atom stereocenters. The van der Waals surface area contributed by atoms with E-state index in [0.717, 1.165) is 53.4 Å². The summed E-state index contributed by atoms with van der Waals surface area (Å²) in [6, 6.07) is 12.1. The molecule has 1 saturated carbocycles. The molecule has 0 atom stereocenters. The van der Waals surface area contributed by atoms with Crippen molar-refractivity contribution in [1.82, 2.24) is 9.55 Å². The van der Waals surface area contributed by atoms with Gasteiger partial charge in [-0.3, -0.25) is 9.59 Å². The molecule has 0 amide bonds. The SMILES string of the molecule is COc1ccc2c(c1)C=C(c1ocnc1C=O)Cn1c-2c(C2CCCCC2)c2ccc(C=O)cc21. The highest BCUT2D eigenvalue weighted by atomic mass is 16.5. The van der Waals surface area contributed by atoms with Gasteiger partial charge in [-0.05, 0) is 60.2 Å². The molecule has 2 aromatic carbocycles. The molecule has 35 heavy (non-hydrogen) atoms. The molecule has 6 rings (SSSR count). The third kappa shape index (κ3) is 3.52. The second-order valence-corrected chi connectivity index (χ2v) is 9.39. The smallest absolute Gasteiger partial charge is 0.182 e. The number of oxazole rings is 1. The van der Waals surface area contributed by atoms with E-state index >= 15 is 0 Å². The summed E-state index contributed by atoms with van der Waals surface area (Å²) in [6.07, 6.45) is 11.0. The van der Waals surface area contributed by atoms with Crippen LogP contribution in [-0.4, -0.2) is 29.2 Å². The van der Waals surface area contributed by atoms with Crippen molar-refractivity contribution in [2.45, 2.75) is 44.6 Å². The van der Waals surface area contributed by atoms with Crippen LogP contribution in [0.1, 0.15) is 75.8 Å². The minimum absolute atomic E-state index is 0.279. The van der Waals surface area contributed by atoms with Gasteiger partial charge in [0.1, 0.15) is 17.7 Å². The number of ether oxygens (including phenoxy) is 1. The first-order valence-electron chi connectivity index (χ1n) is 12.1. The average molecular weight is 467 g/mol. The van der Waals surface area contributed by atoms with Crippen molar-refractivity contribution >= 4 is 35.1 Å². The summed E-state index contributed by atoms with van der Waals surface area (Å²) in [5.41, 5.74) is 7.43. The number of carbonyl (C=O) groups is 2. The number of benzene rings is 2. The summed E-state index contributed by atoms with van der Waals surface area (Å²) in [6.45, 7) is 0.494. The van der Waals surface area contributed by atoms with Gasteiger partial charge in [0.15, 0.2) is 18.4 Å². The maximum Gasteiger partial charge on any atom is 0.182 e. The second-order valence-electron chi connectivity index (χ2n) is 9.39. The monoisotopic (exact) mass is 466 g/mol. The molecule has 4 aromatic rings. The summed E-state index contributed by atoms with van der Waals surface area (Å²) in [5.74, 6) is 1.69. The number of hydrogen-bond donors (Lipinski definition) is 0. The Hall–Kier alpha value is -3.93. The third-order valence-corrected chi connectivity index (χ3v) is 7.45. The molecule has 176 valence electrons. The van der Waals surface area contributed by atoms with E-state index in [1.807, 2.05) is 24.3 Å². The predicted molar refractivity (Wildman–Crippen MR) is 135 cm³/mol. The zero-order valence-corrected chi connectivity index (χ0v) is 19.6. The Balaban J connectivity index is 1.69. The average Bonchev–Trinajstić information content (AvgIpc) is 3.46. The molecule has 0 N–H and O–H groups in total. The van der Waals surface area contributed by atoms with E-state index in [1.165, 1.54) is 42.3 Å². The Labute approximate surface area is 203 Å². The van der Waals surface area contributed by atoms with Crippen molar-refractivity contribution in [3.8, 4) is 17.0 Å². The maximum absolute atomic E-state index is 11.7. The number of allylic oxidation sites excluding steroid dienone is 1. The molecule has 1 aliphatic carbocycles. The number of nitrogens with zero attached hydrogens (tertiary/aromatic N) is 2. The highest BCUT2D eigenvalue weighted by Gasteiger charge is 2.30. The Bertz CT molecular complexity index is 1480. The highest BCUT2D eigenvalue weighted by Crippen LogP contribution is 2.47. The summed E-state index contributed by atoms with van der Waals surface area (Å²) in [7, 11) is 1.66. The molecule has 0 saturated heterocycles. The van der Waals surface area contributed by atoms with E-state index in [-0.39, 0.29) is 5.69 Å². The first-order chi connectivity index (χ1) is 17.2. The zero-order chi connectivity index (χ0) is 23.9. The number of aromatic nitrogens is 2. The highest BCUT2D eigenvalue weighted by molar-refractivity contribution is 6.00. The minimum Gasteiger partial charge on any atom is -0.497 e. The van der Waals surface area contributed by atoms with Gasteiger partial charge in [0.25, 0.3) is 0 Å². The van der Waals surface area contributed by atoms with Crippen molar-refractivity contribution < 1.29 is 18.7 Å². The lowest BCUT2D eigenvalue weighted by Gasteiger charge is -2.24. The van der Waals surface area contributed by atoms with Crippen molar-refractivity contribution in [2.75, 3.05) is 7.11 Å². The lowest BCUT2D eigenvalue weighted by molar-refractivity contribution is 0.111. The standard InChI is InChI=1S/C29H26N2O4/c1-34-22-8-10-23-20(13-22)12-21(29-25(16-33)30-17-35-29)14-31-26-11-18(15-32)7-9-24(26)27(28(23)31)19-5-3-2-4-6-19/h7-13,15-17,19H,2-6,14H2,1H3. The molecule has 0 spiro atoms. The molecule has 1 fully saturated rings. The molecule has 1 aliphatic heterocycles. The topological polar surface area (TPSA) is 74.3 Å². The Kier molecular flexibility index (Phi) is 5.36. The number of hydrogen-bond acceptors (Lipinski definition) is 5. The van der Waals surface area contributed by atoms with Crippen LogP contribution in [0.5, 0.6) is 5.75 Å². The number of methoxy groups -OCH3 is 1. The fraction of sp³-hybridized carbons (Fsp3) is 0.276. The molecule has 2 aliphatic rings. The Morgan fingerprint density at radius 1 is 1.06 bits per heavy atom. The zero-order valence-electron chi connectivity index (χ0n) is 19.6. The quantitative estimate of drug-likeness (QED) is 0.313. The van der Waals surface area contributed by atoms with Crippen LogP contribution >= 0.6 is 0 Å². The summed E-state index contributed by atoms with van der Waals surface area (Å²) in [5, 5.41) is 1.19. The lowest BCUT2D eigenvalue weighted by atomic mass is 9.81. The number of aldehydes is 2. The van der Waals surface area contributed by atoms with Crippen LogP contribution in [0.3, 0.4) is 0 Å². The predicted octanol–water partition coefficient (Wildman–Crippen LogP) is 6.53. The van der Waals surface area contributed by atoms with E-state index in [4.69, 9.17) is 9.15 Å². The van der Waals surface area contributed by atoms with Crippen molar-refractivity contribution in [3.05, 3.63) is 70.9 Å². The molecule has 3 heterocycles. The van der Waals surface area contributed by atoms with E-state index < -0.39 is 0 Å². The van der Waals surface area contributed by atoms with Gasteiger partial charge >= 0.3 is 0 Å². The first kappa shape index (κ1) is 21.6. The Morgan fingerprint density at radius 2 is 1.91 bits per heavy atom. The number of rotatable bonds is 5. The van der Waals surface area contributed by atoms with Crippen molar-refractivity contribution in [2.24, 2.45) is 0 Å². The van der Waals surface area contributed by atoms with Gasteiger partial charge in [-0.25, -0.2) is 4.98 Å². The molecule has 2 aromatic heterocycles. The van der Waals surface area contributed by atoms with Gasteiger partial charge in [0.2, 0.25) is 0 Å². The minimum atomic E-state index is 0.279. The van der Waals surface area contributed by atoms with Crippen LogP contribution in [0, 0.1) is 0 Å². The molecule has 6 heteroatoms. The summed E-state index contributed by atoms with van der Waals surface area (Å²) < 4.78 is 13.5. The molecular formula is C29H26N2O4. The molecule has 0 radical (unpaired) electrons.